The number of hydrogen-bond acceptors (Lipinski definition) is 2. The van der Waals surface area contributed by atoms with Gasteiger partial charge >= 0.3 is 12.0 Å². The van der Waals surface area contributed by atoms with Crippen molar-refractivity contribution in [1.82, 2.24) is 10.2 Å². The molecule has 108 valence electrons. The summed E-state index contributed by atoms with van der Waals surface area (Å²) in [5, 5.41) is 11.8. The molecule has 2 aliphatic carbocycles. The number of carbonyl (C=O) groups excluding carboxylic acids is 1. The lowest BCUT2D eigenvalue weighted by molar-refractivity contribution is -0.137. The molecule has 2 atom stereocenters. The highest BCUT2D eigenvalue weighted by molar-refractivity contribution is 5.80. The Bertz CT molecular complexity index is 342. The number of nitrogens with zero attached hydrogens (tertiary/aromatic N) is 1. The maximum atomic E-state index is 12.0. The van der Waals surface area contributed by atoms with E-state index in [-0.39, 0.29) is 12.6 Å². The lowest BCUT2D eigenvalue weighted by Gasteiger charge is -2.22. The van der Waals surface area contributed by atoms with Crippen LogP contribution in [0.5, 0.6) is 0 Å². The van der Waals surface area contributed by atoms with Crippen molar-refractivity contribution in [3.05, 3.63) is 0 Å². The molecule has 2 rings (SSSR count). The van der Waals surface area contributed by atoms with Crippen LogP contribution in [0.1, 0.15) is 39.0 Å². The van der Waals surface area contributed by atoms with Crippen LogP contribution in [0.15, 0.2) is 0 Å². The number of carbonyl (C=O) groups is 2. The van der Waals surface area contributed by atoms with Crippen LogP contribution < -0.4 is 5.32 Å². The largest absolute Gasteiger partial charge is 0.480 e. The normalized spacial score (nSPS) is 26.2. The zero-order valence-corrected chi connectivity index (χ0v) is 11.6. The summed E-state index contributed by atoms with van der Waals surface area (Å²) in [5.74, 6) is 0.886. The van der Waals surface area contributed by atoms with Crippen LogP contribution in [0.4, 0.5) is 4.79 Å². The quantitative estimate of drug-likeness (QED) is 0.773. The van der Waals surface area contributed by atoms with Crippen LogP contribution in [0.25, 0.3) is 0 Å². The standard InChI is InChI=1S/C14H24N2O3/c1-10-2-3-12(6-10)7-15-14(19)16(9-13(17)18)8-11-4-5-11/h10-12H,2-9H2,1H3,(H,15,19)(H,17,18). The van der Waals surface area contributed by atoms with Crippen molar-refractivity contribution in [3.8, 4) is 0 Å². The molecule has 2 aliphatic rings. The second-order valence-electron chi connectivity index (χ2n) is 6.19. The summed E-state index contributed by atoms with van der Waals surface area (Å²) >= 11 is 0. The first-order valence-corrected chi connectivity index (χ1v) is 7.29. The lowest BCUT2D eigenvalue weighted by atomic mass is 10.1. The average Bonchev–Trinajstić information content (AvgIpc) is 3.06. The summed E-state index contributed by atoms with van der Waals surface area (Å²) in [6.45, 7) is 3.32. The van der Waals surface area contributed by atoms with E-state index in [1.54, 1.807) is 0 Å². The Morgan fingerprint density at radius 2 is 1.89 bits per heavy atom. The SMILES string of the molecule is CC1CCC(CNC(=O)N(CC(=O)O)CC2CC2)C1. The van der Waals surface area contributed by atoms with Crippen LogP contribution >= 0.6 is 0 Å². The van der Waals surface area contributed by atoms with Gasteiger partial charge in [0.1, 0.15) is 6.54 Å². The minimum Gasteiger partial charge on any atom is -0.480 e. The Morgan fingerprint density at radius 3 is 2.42 bits per heavy atom. The van der Waals surface area contributed by atoms with Crippen LogP contribution in [0.2, 0.25) is 0 Å². The third-order valence-electron chi connectivity index (χ3n) is 4.13. The summed E-state index contributed by atoms with van der Waals surface area (Å²) in [7, 11) is 0. The molecule has 19 heavy (non-hydrogen) atoms. The number of hydrogen-bond donors (Lipinski definition) is 2. The molecule has 0 saturated heterocycles. The Hall–Kier alpha value is -1.26. The fraction of sp³-hybridized carbons (Fsp3) is 0.857. The highest BCUT2D eigenvalue weighted by Gasteiger charge is 2.28. The van der Waals surface area contributed by atoms with Crippen molar-refractivity contribution in [2.45, 2.75) is 39.0 Å². The fourth-order valence-electron chi connectivity index (χ4n) is 2.85. The summed E-state index contributed by atoms with van der Waals surface area (Å²) < 4.78 is 0. The Labute approximate surface area is 114 Å². The van der Waals surface area contributed by atoms with E-state index in [9.17, 15) is 9.59 Å². The summed E-state index contributed by atoms with van der Waals surface area (Å²) in [4.78, 5) is 24.3. The molecule has 2 saturated carbocycles. The molecule has 2 unspecified atom stereocenters. The molecule has 2 amide bonds. The van der Waals surface area contributed by atoms with Gasteiger partial charge in [-0.25, -0.2) is 4.79 Å². The molecule has 5 nitrogen and oxygen atoms in total. The van der Waals surface area contributed by atoms with E-state index in [0.717, 1.165) is 18.8 Å². The number of amides is 2. The molecule has 0 aliphatic heterocycles. The van der Waals surface area contributed by atoms with Gasteiger partial charge in [-0.05, 0) is 43.4 Å². The van der Waals surface area contributed by atoms with Gasteiger partial charge in [0.15, 0.2) is 0 Å². The van der Waals surface area contributed by atoms with Crippen molar-refractivity contribution in [3.63, 3.8) is 0 Å². The molecule has 0 aromatic carbocycles. The Balaban J connectivity index is 1.75. The first-order valence-electron chi connectivity index (χ1n) is 7.29. The predicted molar refractivity (Wildman–Crippen MR) is 71.8 cm³/mol. The van der Waals surface area contributed by atoms with Crippen molar-refractivity contribution in [2.75, 3.05) is 19.6 Å². The molecule has 5 heteroatoms. The van der Waals surface area contributed by atoms with Gasteiger partial charge in [0.25, 0.3) is 0 Å². The van der Waals surface area contributed by atoms with E-state index in [4.69, 9.17) is 5.11 Å². The summed E-state index contributed by atoms with van der Waals surface area (Å²) in [6, 6.07) is -0.214. The molecule has 0 aromatic heterocycles. The van der Waals surface area contributed by atoms with Gasteiger partial charge in [-0.15, -0.1) is 0 Å². The van der Waals surface area contributed by atoms with Crippen molar-refractivity contribution < 1.29 is 14.7 Å². The number of carboxylic acids is 1. The molecular weight excluding hydrogens is 244 g/mol. The van der Waals surface area contributed by atoms with Gasteiger partial charge in [0.2, 0.25) is 0 Å². The van der Waals surface area contributed by atoms with Crippen molar-refractivity contribution >= 4 is 12.0 Å². The molecule has 2 fully saturated rings. The Morgan fingerprint density at radius 1 is 1.21 bits per heavy atom. The van der Waals surface area contributed by atoms with Gasteiger partial charge < -0.3 is 15.3 Å². The maximum Gasteiger partial charge on any atom is 0.323 e. The second-order valence-corrected chi connectivity index (χ2v) is 6.19. The van der Waals surface area contributed by atoms with E-state index in [0.29, 0.717) is 24.9 Å². The molecular formula is C14H24N2O3. The fourth-order valence-corrected chi connectivity index (χ4v) is 2.85. The van der Waals surface area contributed by atoms with Gasteiger partial charge in [-0.1, -0.05) is 13.3 Å². The number of nitrogens with one attached hydrogen (secondary N) is 1. The van der Waals surface area contributed by atoms with Crippen LogP contribution in [-0.4, -0.2) is 41.6 Å². The van der Waals surface area contributed by atoms with E-state index in [1.807, 2.05) is 0 Å². The average molecular weight is 268 g/mol. The number of urea groups is 1. The molecule has 0 radical (unpaired) electrons. The first kappa shape index (κ1) is 14.2. The summed E-state index contributed by atoms with van der Waals surface area (Å²) in [5.41, 5.74) is 0. The zero-order valence-electron chi connectivity index (χ0n) is 11.6. The molecule has 0 spiro atoms. The monoisotopic (exact) mass is 268 g/mol. The first-order chi connectivity index (χ1) is 9.04. The predicted octanol–water partition coefficient (Wildman–Crippen LogP) is 1.93. The molecule has 0 aromatic rings. The van der Waals surface area contributed by atoms with E-state index in [2.05, 4.69) is 12.2 Å². The zero-order chi connectivity index (χ0) is 13.8. The van der Waals surface area contributed by atoms with Crippen LogP contribution in [0, 0.1) is 17.8 Å². The van der Waals surface area contributed by atoms with Crippen molar-refractivity contribution in [1.29, 1.82) is 0 Å². The maximum absolute atomic E-state index is 12.0. The highest BCUT2D eigenvalue weighted by Crippen LogP contribution is 2.30. The van der Waals surface area contributed by atoms with E-state index >= 15 is 0 Å². The molecule has 2 N–H and O–H groups in total. The van der Waals surface area contributed by atoms with Crippen LogP contribution in [0.3, 0.4) is 0 Å². The third kappa shape index (κ3) is 4.73. The smallest absolute Gasteiger partial charge is 0.323 e. The van der Waals surface area contributed by atoms with E-state index < -0.39 is 5.97 Å². The van der Waals surface area contributed by atoms with E-state index in [1.165, 1.54) is 24.2 Å². The summed E-state index contributed by atoms with van der Waals surface area (Å²) in [6.07, 6.45) is 5.80. The number of carboxylic acid groups (broad SMARTS) is 1. The topological polar surface area (TPSA) is 69.6 Å². The highest BCUT2D eigenvalue weighted by atomic mass is 16.4. The number of aliphatic carboxylic acids is 1. The minimum atomic E-state index is -0.940. The van der Waals surface area contributed by atoms with Gasteiger partial charge in [0.05, 0.1) is 0 Å². The lowest BCUT2D eigenvalue weighted by Crippen LogP contribution is -2.45. The molecule has 0 bridgehead atoms. The Kier molecular flexibility index (Phi) is 4.66. The third-order valence-corrected chi connectivity index (χ3v) is 4.13. The molecule has 0 heterocycles. The number of rotatable bonds is 6. The minimum absolute atomic E-state index is 0.191. The van der Waals surface area contributed by atoms with Gasteiger partial charge in [0, 0.05) is 13.1 Å². The second kappa shape index (κ2) is 6.26. The van der Waals surface area contributed by atoms with Crippen LogP contribution in [-0.2, 0) is 4.79 Å². The van der Waals surface area contributed by atoms with Gasteiger partial charge in [-0.2, -0.15) is 0 Å². The van der Waals surface area contributed by atoms with Gasteiger partial charge in [-0.3, -0.25) is 4.79 Å². The van der Waals surface area contributed by atoms with Crippen molar-refractivity contribution in [2.24, 2.45) is 17.8 Å².